The molecule has 10 heteroatoms. The van der Waals surface area contributed by atoms with E-state index in [1.54, 1.807) is 14.1 Å². The lowest BCUT2D eigenvalue weighted by Crippen LogP contribution is -2.71. The Hall–Kier alpha value is -1.84. The highest BCUT2D eigenvalue weighted by atomic mass is 35.5. The molecule has 0 radical (unpaired) electrons. The number of piperidine rings is 2. The molecule has 3 aliphatic rings. The van der Waals surface area contributed by atoms with Gasteiger partial charge in [0.15, 0.2) is 11.2 Å². The average Bonchev–Trinajstić information content (AvgIpc) is 3.09. The van der Waals surface area contributed by atoms with Gasteiger partial charge in [-0.15, -0.1) is 12.4 Å². The smallest absolute Gasteiger partial charge is 0.332 e. The Morgan fingerprint density at radius 1 is 1.00 bits per heavy atom. The van der Waals surface area contributed by atoms with Gasteiger partial charge in [0.25, 0.3) is 5.56 Å². The number of rotatable bonds is 3. The fourth-order valence-electron chi connectivity index (χ4n) is 5.06. The molecule has 0 amide bonds. The molecule has 3 fully saturated rings. The number of hydrogen-bond donors (Lipinski definition) is 1. The van der Waals surface area contributed by atoms with E-state index in [1.165, 1.54) is 34.8 Å². The van der Waals surface area contributed by atoms with Gasteiger partial charge in [0.2, 0.25) is 5.95 Å². The largest absolute Gasteiger partial charge is 0.342 e. The third-order valence-corrected chi connectivity index (χ3v) is 6.69. The standard InChI is InChI=1S/C19H29N7O2.ClH/c1-22-16-15(17(27)23(2)19(22)28)25(18(20-16)24-9-5-3-6-10-24)12-13-14-8-4-7-11-26(14)21-13;/h13-14,21H,3-12H2,1-2H3;1H. The zero-order valence-electron chi connectivity index (χ0n) is 17.1. The first-order chi connectivity index (χ1) is 13.6. The first kappa shape index (κ1) is 20.4. The molecule has 0 saturated carbocycles. The number of anilines is 1. The van der Waals surface area contributed by atoms with E-state index < -0.39 is 0 Å². The SMILES string of the molecule is Cl.Cn1c(=O)c2c(nc(N3CCCCC3)n2CC2NN3CCCCC23)n(C)c1=O. The number of nitrogens with zero attached hydrogens (tertiary/aromatic N) is 6. The average molecular weight is 424 g/mol. The van der Waals surface area contributed by atoms with Gasteiger partial charge >= 0.3 is 5.69 Å². The second-order valence-electron chi connectivity index (χ2n) is 8.44. The Bertz CT molecular complexity index is 1020. The van der Waals surface area contributed by atoms with Crippen LogP contribution >= 0.6 is 12.4 Å². The molecule has 2 aromatic rings. The number of nitrogens with one attached hydrogen (secondary N) is 1. The Balaban J connectivity index is 0.00000205. The highest BCUT2D eigenvalue weighted by molar-refractivity contribution is 5.85. The minimum atomic E-state index is -0.326. The van der Waals surface area contributed by atoms with Crippen LogP contribution in [0.3, 0.4) is 0 Å². The summed E-state index contributed by atoms with van der Waals surface area (Å²) in [5.41, 5.74) is 4.02. The van der Waals surface area contributed by atoms with E-state index >= 15 is 0 Å². The molecule has 5 heterocycles. The third kappa shape index (κ3) is 3.19. The van der Waals surface area contributed by atoms with Gasteiger partial charge in [-0.25, -0.2) is 15.2 Å². The molecule has 29 heavy (non-hydrogen) atoms. The van der Waals surface area contributed by atoms with Crippen molar-refractivity contribution in [3.63, 3.8) is 0 Å². The van der Waals surface area contributed by atoms with Crippen LogP contribution in [0.1, 0.15) is 38.5 Å². The van der Waals surface area contributed by atoms with Gasteiger partial charge < -0.3 is 9.47 Å². The van der Waals surface area contributed by atoms with Crippen molar-refractivity contribution in [1.29, 1.82) is 0 Å². The highest BCUT2D eigenvalue weighted by Crippen LogP contribution is 2.29. The van der Waals surface area contributed by atoms with Crippen molar-refractivity contribution in [2.45, 2.75) is 57.2 Å². The Labute approximate surface area is 175 Å². The molecule has 0 bridgehead atoms. The summed E-state index contributed by atoms with van der Waals surface area (Å²) >= 11 is 0. The molecular weight excluding hydrogens is 394 g/mol. The van der Waals surface area contributed by atoms with E-state index in [4.69, 9.17) is 4.98 Å². The monoisotopic (exact) mass is 423 g/mol. The summed E-state index contributed by atoms with van der Waals surface area (Å²) in [5, 5.41) is 2.34. The van der Waals surface area contributed by atoms with Gasteiger partial charge in [-0.1, -0.05) is 6.42 Å². The Morgan fingerprint density at radius 2 is 1.72 bits per heavy atom. The minimum Gasteiger partial charge on any atom is -0.342 e. The molecule has 160 valence electrons. The molecule has 0 aliphatic carbocycles. The van der Waals surface area contributed by atoms with Gasteiger partial charge in [-0.2, -0.15) is 4.98 Å². The van der Waals surface area contributed by atoms with E-state index in [-0.39, 0.29) is 23.7 Å². The molecule has 0 aromatic carbocycles. The number of fused-ring (bicyclic) bond motifs is 2. The maximum absolute atomic E-state index is 13.0. The first-order valence-electron chi connectivity index (χ1n) is 10.5. The van der Waals surface area contributed by atoms with Crippen molar-refractivity contribution in [3.05, 3.63) is 20.8 Å². The number of imidazole rings is 1. The van der Waals surface area contributed by atoms with Gasteiger partial charge in [0, 0.05) is 46.3 Å². The summed E-state index contributed by atoms with van der Waals surface area (Å²) in [5.74, 6) is 0.837. The molecule has 5 rings (SSSR count). The lowest BCUT2D eigenvalue weighted by Gasteiger charge is -2.52. The lowest BCUT2D eigenvalue weighted by atomic mass is 9.93. The second-order valence-corrected chi connectivity index (χ2v) is 8.44. The van der Waals surface area contributed by atoms with Crippen molar-refractivity contribution >= 4 is 29.5 Å². The van der Waals surface area contributed by atoms with Crippen molar-refractivity contribution in [3.8, 4) is 0 Å². The molecular formula is C19H30ClN7O2. The minimum absolute atomic E-state index is 0. The fraction of sp³-hybridized carbons (Fsp3) is 0.737. The Morgan fingerprint density at radius 3 is 2.45 bits per heavy atom. The van der Waals surface area contributed by atoms with Crippen LogP contribution in [0.2, 0.25) is 0 Å². The van der Waals surface area contributed by atoms with Crippen molar-refractivity contribution < 1.29 is 0 Å². The Kier molecular flexibility index (Phi) is 5.48. The number of aryl methyl sites for hydroxylation is 1. The van der Waals surface area contributed by atoms with Crippen molar-refractivity contribution in [2.75, 3.05) is 24.5 Å². The van der Waals surface area contributed by atoms with Gasteiger partial charge in [-0.05, 0) is 32.1 Å². The summed E-state index contributed by atoms with van der Waals surface area (Å²) in [4.78, 5) is 32.5. The summed E-state index contributed by atoms with van der Waals surface area (Å²) in [6, 6.07) is 0.833. The first-order valence-corrected chi connectivity index (χ1v) is 10.5. The third-order valence-electron chi connectivity index (χ3n) is 6.69. The molecule has 2 unspecified atom stereocenters. The van der Waals surface area contributed by atoms with Crippen LogP contribution in [0.4, 0.5) is 5.95 Å². The quantitative estimate of drug-likeness (QED) is 0.778. The van der Waals surface area contributed by atoms with Crippen LogP contribution in [0, 0.1) is 0 Å². The molecule has 9 nitrogen and oxygen atoms in total. The maximum atomic E-state index is 13.0. The van der Waals surface area contributed by atoms with E-state index in [0.29, 0.717) is 29.8 Å². The molecule has 3 aliphatic heterocycles. The lowest BCUT2D eigenvalue weighted by molar-refractivity contribution is -0.0613. The normalized spacial score (nSPS) is 24.8. The number of aromatic nitrogens is 4. The molecule has 2 aromatic heterocycles. The number of hydrogen-bond acceptors (Lipinski definition) is 6. The van der Waals surface area contributed by atoms with Crippen molar-refractivity contribution in [2.24, 2.45) is 14.1 Å². The molecule has 2 atom stereocenters. The maximum Gasteiger partial charge on any atom is 0.332 e. The summed E-state index contributed by atoms with van der Waals surface area (Å²) < 4.78 is 4.77. The van der Waals surface area contributed by atoms with E-state index in [1.807, 2.05) is 0 Å². The van der Waals surface area contributed by atoms with Gasteiger partial charge in [0.1, 0.15) is 0 Å². The second kappa shape index (κ2) is 7.77. The topological polar surface area (TPSA) is 80.3 Å². The predicted octanol–water partition coefficient (Wildman–Crippen LogP) is 0.587. The predicted molar refractivity (Wildman–Crippen MR) is 115 cm³/mol. The summed E-state index contributed by atoms with van der Waals surface area (Å²) in [6.07, 6.45) is 7.21. The van der Waals surface area contributed by atoms with E-state index in [0.717, 1.165) is 38.4 Å². The van der Waals surface area contributed by atoms with Crippen LogP contribution in [0.15, 0.2) is 9.59 Å². The van der Waals surface area contributed by atoms with Crippen LogP contribution in [-0.2, 0) is 20.6 Å². The summed E-state index contributed by atoms with van der Waals surface area (Å²) in [6.45, 7) is 3.70. The van der Waals surface area contributed by atoms with Crippen LogP contribution < -0.4 is 21.6 Å². The number of halogens is 1. The number of hydrazine groups is 1. The fourth-order valence-corrected chi connectivity index (χ4v) is 5.06. The molecule has 0 spiro atoms. The van der Waals surface area contributed by atoms with Gasteiger partial charge in [0.05, 0.1) is 6.04 Å². The molecule has 3 saturated heterocycles. The van der Waals surface area contributed by atoms with E-state index in [2.05, 4.69) is 19.9 Å². The zero-order chi connectivity index (χ0) is 19.4. The van der Waals surface area contributed by atoms with Crippen LogP contribution in [-0.4, -0.2) is 55.4 Å². The van der Waals surface area contributed by atoms with Crippen LogP contribution in [0.5, 0.6) is 0 Å². The van der Waals surface area contributed by atoms with E-state index in [9.17, 15) is 9.59 Å². The zero-order valence-corrected chi connectivity index (χ0v) is 18.0. The highest BCUT2D eigenvalue weighted by Gasteiger charge is 2.40. The van der Waals surface area contributed by atoms with Gasteiger partial charge in [-0.3, -0.25) is 13.9 Å². The summed E-state index contributed by atoms with van der Waals surface area (Å²) in [7, 11) is 3.25. The van der Waals surface area contributed by atoms with Crippen LogP contribution in [0.25, 0.3) is 11.2 Å². The van der Waals surface area contributed by atoms with Crippen molar-refractivity contribution in [1.82, 2.24) is 29.1 Å². The molecule has 1 N–H and O–H groups in total.